The molecule has 0 saturated carbocycles. The zero-order chi connectivity index (χ0) is 13.5. The van der Waals surface area contributed by atoms with Crippen LogP contribution < -0.4 is 0 Å². The Morgan fingerprint density at radius 3 is 2.33 bits per heavy atom. The van der Waals surface area contributed by atoms with Crippen molar-refractivity contribution in [1.29, 1.82) is 0 Å². The van der Waals surface area contributed by atoms with Crippen molar-refractivity contribution >= 4 is 0 Å². The molecule has 0 amide bonds. The van der Waals surface area contributed by atoms with Gasteiger partial charge in [0.25, 0.3) is 0 Å². The van der Waals surface area contributed by atoms with E-state index >= 15 is 0 Å². The Bertz CT molecular complexity index is 577. The van der Waals surface area contributed by atoms with Crippen molar-refractivity contribution in [2.45, 2.75) is 40.0 Å². The lowest BCUT2D eigenvalue weighted by molar-refractivity contribution is 0.413. The van der Waals surface area contributed by atoms with Crippen LogP contribution in [0.4, 0.5) is 0 Å². The molecule has 0 aliphatic heterocycles. The third-order valence-corrected chi connectivity index (χ3v) is 3.03. The van der Waals surface area contributed by atoms with Gasteiger partial charge in [0.2, 0.25) is 5.88 Å². The van der Waals surface area contributed by atoms with Crippen LogP contribution >= 0.6 is 0 Å². The summed E-state index contributed by atoms with van der Waals surface area (Å²) in [5.74, 6) is 0.241. The van der Waals surface area contributed by atoms with Crippen LogP contribution in [-0.2, 0) is 5.41 Å². The zero-order valence-corrected chi connectivity index (χ0v) is 11.7. The first-order valence-corrected chi connectivity index (χ1v) is 6.17. The van der Waals surface area contributed by atoms with E-state index in [1.807, 2.05) is 38.1 Å². The van der Waals surface area contributed by atoms with Gasteiger partial charge >= 0.3 is 0 Å². The summed E-state index contributed by atoms with van der Waals surface area (Å²) in [4.78, 5) is 0. The van der Waals surface area contributed by atoms with Crippen molar-refractivity contribution in [3.8, 4) is 11.6 Å². The van der Waals surface area contributed by atoms with Crippen LogP contribution in [0.3, 0.4) is 0 Å². The summed E-state index contributed by atoms with van der Waals surface area (Å²) in [6.45, 7) is 10.2. The molecule has 18 heavy (non-hydrogen) atoms. The van der Waals surface area contributed by atoms with E-state index in [-0.39, 0.29) is 11.3 Å². The highest BCUT2D eigenvalue weighted by molar-refractivity contribution is 5.44. The maximum atomic E-state index is 10.4. The smallest absolute Gasteiger partial charge is 0.218 e. The first-order chi connectivity index (χ1) is 8.30. The van der Waals surface area contributed by atoms with Gasteiger partial charge in [-0.2, -0.15) is 5.10 Å². The van der Waals surface area contributed by atoms with E-state index in [9.17, 15) is 5.11 Å². The molecule has 0 atom stereocenters. The van der Waals surface area contributed by atoms with Crippen molar-refractivity contribution in [2.24, 2.45) is 0 Å². The van der Waals surface area contributed by atoms with Crippen LogP contribution in [0.1, 0.15) is 37.6 Å². The average Bonchev–Trinajstić information content (AvgIpc) is 2.53. The molecule has 0 aliphatic carbocycles. The molecule has 0 fully saturated rings. The largest absolute Gasteiger partial charge is 0.493 e. The second-order valence-electron chi connectivity index (χ2n) is 5.78. The summed E-state index contributed by atoms with van der Waals surface area (Å²) in [5, 5.41) is 14.8. The second-order valence-corrected chi connectivity index (χ2v) is 5.78. The number of benzene rings is 1. The normalized spacial score (nSPS) is 11.8. The summed E-state index contributed by atoms with van der Waals surface area (Å²) in [7, 11) is 0. The minimum absolute atomic E-state index is 0.115. The number of aromatic nitrogens is 2. The molecule has 96 valence electrons. The lowest BCUT2D eigenvalue weighted by Crippen LogP contribution is -2.11. The van der Waals surface area contributed by atoms with E-state index < -0.39 is 0 Å². The standard InChI is InChI=1S/C15H20N2O/c1-10-7-6-8-12(9-10)17-14(18)13(11(2)16-17)15(3,4)5/h6-9,18H,1-5H3. The monoisotopic (exact) mass is 244 g/mol. The van der Waals surface area contributed by atoms with Gasteiger partial charge in [-0.05, 0) is 37.0 Å². The SMILES string of the molecule is Cc1cccc(-n2nc(C)c(C(C)(C)C)c2O)c1. The van der Waals surface area contributed by atoms with Gasteiger partial charge in [-0.1, -0.05) is 32.9 Å². The predicted molar refractivity (Wildman–Crippen MR) is 73.4 cm³/mol. The third-order valence-electron chi connectivity index (χ3n) is 3.03. The van der Waals surface area contributed by atoms with Crippen molar-refractivity contribution in [2.75, 3.05) is 0 Å². The number of aryl methyl sites for hydroxylation is 2. The molecule has 2 aromatic rings. The van der Waals surface area contributed by atoms with Gasteiger partial charge in [0.1, 0.15) is 0 Å². The fourth-order valence-electron chi connectivity index (χ4n) is 2.33. The van der Waals surface area contributed by atoms with Gasteiger partial charge in [0, 0.05) is 5.56 Å². The highest BCUT2D eigenvalue weighted by Crippen LogP contribution is 2.34. The molecule has 1 N–H and O–H groups in total. The van der Waals surface area contributed by atoms with Crippen molar-refractivity contribution < 1.29 is 5.11 Å². The Balaban J connectivity index is 2.61. The Morgan fingerprint density at radius 1 is 1.17 bits per heavy atom. The molecule has 1 aromatic carbocycles. The number of rotatable bonds is 1. The van der Waals surface area contributed by atoms with E-state index in [0.717, 1.165) is 22.5 Å². The van der Waals surface area contributed by atoms with Crippen LogP contribution in [0.25, 0.3) is 5.69 Å². The van der Waals surface area contributed by atoms with Gasteiger partial charge in [-0.25, -0.2) is 4.68 Å². The van der Waals surface area contributed by atoms with Gasteiger partial charge in [0.15, 0.2) is 0 Å². The fourth-order valence-corrected chi connectivity index (χ4v) is 2.33. The molecule has 0 unspecified atom stereocenters. The Morgan fingerprint density at radius 2 is 1.83 bits per heavy atom. The fraction of sp³-hybridized carbons (Fsp3) is 0.400. The molecular formula is C15H20N2O. The topological polar surface area (TPSA) is 38.0 Å². The molecule has 0 radical (unpaired) electrons. The number of hydrogen-bond acceptors (Lipinski definition) is 2. The molecule has 2 rings (SSSR count). The van der Waals surface area contributed by atoms with Crippen molar-refractivity contribution in [1.82, 2.24) is 9.78 Å². The Hall–Kier alpha value is -1.77. The highest BCUT2D eigenvalue weighted by atomic mass is 16.3. The van der Waals surface area contributed by atoms with Crippen molar-refractivity contribution in [3.63, 3.8) is 0 Å². The Kier molecular flexibility index (Phi) is 2.93. The molecule has 0 bridgehead atoms. The zero-order valence-electron chi connectivity index (χ0n) is 11.7. The molecule has 0 spiro atoms. The van der Waals surface area contributed by atoms with Crippen molar-refractivity contribution in [3.05, 3.63) is 41.1 Å². The minimum Gasteiger partial charge on any atom is -0.493 e. The molecule has 3 nitrogen and oxygen atoms in total. The van der Waals surface area contributed by atoms with E-state index in [4.69, 9.17) is 0 Å². The van der Waals surface area contributed by atoms with E-state index in [1.165, 1.54) is 0 Å². The first kappa shape index (κ1) is 12.7. The molecular weight excluding hydrogens is 224 g/mol. The average molecular weight is 244 g/mol. The van der Waals surface area contributed by atoms with Gasteiger partial charge in [-0.3, -0.25) is 0 Å². The predicted octanol–water partition coefficient (Wildman–Crippen LogP) is 3.49. The van der Waals surface area contributed by atoms with Gasteiger partial charge in [0.05, 0.1) is 11.4 Å². The van der Waals surface area contributed by atoms with Gasteiger partial charge < -0.3 is 5.11 Å². The van der Waals surface area contributed by atoms with Crippen LogP contribution in [0.5, 0.6) is 5.88 Å². The molecule has 3 heteroatoms. The van der Waals surface area contributed by atoms with E-state index in [2.05, 4.69) is 25.9 Å². The van der Waals surface area contributed by atoms with Crippen LogP contribution in [0.2, 0.25) is 0 Å². The quantitative estimate of drug-likeness (QED) is 0.833. The summed E-state index contributed by atoms with van der Waals surface area (Å²) in [6.07, 6.45) is 0. The summed E-state index contributed by atoms with van der Waals surface area (Å²) >= 11 is 0. The lowest BCUT2D eigenvalue weighted by atomic mass is 9.87. The number of hydrogen-bond donors (Lipinski definition) is 1. The van der Waals surface area contributed by atoms with E-state index in [1.54, 1.807) is 4.68 Å². The highest BCUT2D eigenvalue weighted by Gasteiger charge is 2.26. The number of aromatic hydroxyl groups is 1. The molecule has 1 heterocycles. The summed E-state index contributed by atoms with van der Waals surface area (Å²) in [5.41, 5.74) is 3.71. The first-order valence-electron chi connectivity index (χ1n) is 6.17. The maximum Gasteiger partial charge on any atom is 0.218 e. The van der Waals surface area contributed by atoms with Gasteiger partial charge in [-0.15, -0.1) is 0 Å². The van der Waals surface area contributed by atoms with Crippen LogP contribution in [0, 0.1) is 13.8 Å². The third kappa shape index (κ3) is 2.13. The minimum atomic E-state index is -0.115. The lowest BCUT2D eigenvalue weighted by Gasteiger charge is -2.18. The second kappa shape index (κ2) is 4.16. The number of nitrogens with zero attached hydrogens (tertiary/aromatic N) is 2. The van der Waals surface area contributed by atoms with Crippen LogP contribution in [0.15, 0.2) is 24.3 Å². The van der Waals surface area contributed by atoms with E-state index in [0.29, 0.717) is 0 Å². The molecule has 0 aliphatic rings. The molecule has 1 aromatic heterocycles. The Labute approximate surface area is 108 Å². The summed E-state index contributed by atoms with van der Waals surface area (Å²) in [6, 6.07) is 7.96. The van der Waals surface area contributed by atoms with Crippen LogP contribution in [-0.4, -0.2) is 14.9 Å². The maximum absolute atomic E-state index is 10.4. The summed E-state index contributed by atoms with van der Waals surface area (Å²) < 4.78 is 1.61. The molecule has 0 saturated heterocycles.